The molecule has 0 radical (unpaired) electrons. The van der Waals surface area contributed by atoms with Crippen molar-refractivity contribution in [3.05, 3.63) is 0 Å². The van der Waals surface area contributed by atoms with Gasteiger partial charge in [-0.05, 0) is 12.8 Å². The van der Waals surface area contributed by atoms with Crippen LogP contribution < -0.4 is 5.32 Å². The summed E-state index contributed by atoms with van der Waals surface area (Å²) in [5.74, 6) is 0. The first-order valence-corrected chi connectivity index (χ1v) is 6.36. The van der Waals surface area contributed by atoms with E-state index in [0.717, 1.165) is 12.8 Å². The topological polar surface area (TPSA) is 72.7 Å². The summed E-state index contributed by atoms with van der Waals surface area (Å²) < 4.78 is 0. The lowest BCUT2D eigenvalue weighted by molar-refractivity contribution is 0.0316. The van der Waals surface area contributed by atoms with Crippen LogP contribution in [0, 0.1) is 0 Å². The fourth-order valence-electron chi connectivity index (χ4n) is 2.32. The standard InChI is InChI=1S/C12H25NO3/c14-8-12(9-15,10-16)13-11-6-4-2-1-3-5-7-11/h11,13-16H,1-10H2. The average molecular weight is 231 g/mol. The first kappa shape index (κ1) is 13.9. The molecule has 96 valence electrons. The van der Waals surface area contributed by atoms with E-state index in [9.17, 15) is 15.3 Å². The molecule has 0 aliphatic heterocycles. The van der Waals surface area contributed by atoms with Crippen molar-refractivity contribution in [2.24, 2.45) is 0 Å². The van der Waals surface area contributed by atoms with Crippen molar-refractivity contribution >= 4 is 0 Å². The van der Waals surface area contributed by atoms with Crippen molar-refractivity contribution < 1.29 is 15.3 Å². The van der Waals surface area contributed by atoms with E-state index in [1.54, 1.807) is 0 Å². The summed E-state index contributed by atoms with van der Waals surface area (Å²) in [6.07, 6.45) is 8.37. The van der Waals surface area contributed by atoms with Gasteiger partial charge in [-0.3, -0.25) is 0 Å². The van der Waals surface area contributed by atoms with Gasteiger partial charge < -0.3 is 20.6 Å². The van der Waals surface area contributed by atoms with Crippen LogP contribution in [-0.4, -0.2) is 46.7 Å². The van der Waals surface area contributed by atoms with Crippen LogP contribution in [0.4, 0.5) is 0 Å². The van der Waals surface area contributed by atoms with Crippen LogP contribution in [0.2, 0.25) is 0 Å². The minimum atomic E-state index is -0.913. The van der Waals surface area contributed by atoms with Crippen molar-refractivity contribution in [2.75, 3.05) is 19.8 Å². The van der Waals surface area contributed by atoms with Crippen molar-refractivity contribution in [2.45, 2.75) is 56.5 Å². The van der Waals surface area contributed by atoms with Crippen LogP contribution in [0.5, 0.6) is 0 Å². The van der Waals surface area contributed by atoms with E-state index in [1.807, 2.05) is 0 Å². The maximum atomic E-state index is 9.25. The zero-order valence-corrected chi connectivity index (χ0v) is 9.99. The molecule has 1 fully saturated rings. The third kappa shape index (κ3) is 4.01. The molecule has 0 spiro atoms. The van der Waals surface area contributed by atoms with Crippen LogP contribution in [-0.2, 0) is 0 Å². The Morgan fingerprint density at radius 3 is 1.69 bits per heavy atom. The lowest BCUT2D eigenvalue weighted by Crippen LogP contribution is -2.58. The summed E-state index contributed by atoms with van der Waals surface area (Å²) in [6, 6.07) is 0.312. The molecule has 0 aromatic heterocycles. The number of nitrogens with one attached hydrogen (secondary N) is 1. The van der Waals surface area contributed by atoms with Crippen LogP contribution in [0.25, 0.3) is 0 Å². The number of aliphatic hydroxyl groups is 3. The van der Waals surface area contributed by atoms with Crippen molar-refractivity contribution in [1.29, 1.82) is 0 Å². The third-order valence-corrected chi connectivity index (χ3v) is 3.52. The summed E-state index contributed by atoms with van der Waals surface area (Å²) in [5.41, 5.74) is -0.913. The van der Waals surface area contributed by atoms with Gasteiger partial charge >= 0.3 is 0 Å². The molecule has 0 heterocycles. The molecule has 4 nitrogen and oxygen atoms in total. The molecule has 1 aliphatic rings. The van der Waals surface area contributed by atoms with Crippen LogP contribution in [0.1, 0.15) is 44.9 Å². The Kier molecular flexibility index (Phi) is 6.28. The van der Waals surface area contributed by atoms with Gasteiger partial charge in [0.15, 0.2) is 0 Å². The molecular weight excluding hydrogens is 206 g/mol. The summed E-state index contributed by atoms with van der Waals surface area (Å²) in [6.45, 7) is -0.677. The minimum Gasteiger partial charge on any atom is -0.394 e. The summed E-state index contributed by atoms with van der Waals surface area (Å²) in [7, 11) is 0. The molecule has 1 aliphatic carbocycles. The van der Waals surface area contributed by atoms with Gasteiger partial charge in [0, 0.05) is 6.04 Å². The van der Waals surface area contributed by atoms with E-state index in [4.69, 9.17) is 0 Å². The number of rotatable bonds is 5. The predicted molar refractivity (Wildman–Crippen MR) is 63.2 cm³/mol. The smallest absolute Gasteiger partial charge is 0.0883 e. The molecule has 0 bridgehead atoms. The number of aliphatic hydroxyl groups excluding tert-OH is 3. The molecule has 1 rings (SSSR count). The average Bonchev–Trinajstić information content (AvgIpc) is 2.29. The van der Waals surface area contributed by atoms with Gasteiger partial charge in [-0.25, -0.2) is 0 Å². The van der Waals surface area contributed by atoms with Gasteiger partial charge in [-0.2, -0.15) is 0 Å². The number of hydrogen-bond acceptors (Lipinski definition) is 4. The maximum Gasteiger partial charge on any atom is 0.0883 e. The van der Waals surface area contributed by atoms with Crippen molar-refractivity contribution in [3.8, 4) is 0 Å². The van der Waals surface area contributed by atoms with Gasteiger partial charge in [-0.1, -0.05) is 32.1 Å². The predicted octanol–water partition coefficient (Wildman–Crippen LogP) is 0.405. The first-order valence-electron chi connectivity index (χ1n) is 6.36. The molecule has 0 saturated heterocycles. The highest BCUT2D eigenvalue weighted by atomic mass is 16.3. The SMILES string of the molecule is OCC(CO)(CO)NC1CCCCCCC1. The maximum absolute atomic E-state index is 9.25. The Hall–Kier alpha value is -0.160. The molecule has 0 amide bonds. The van der Waals surface area contributed by atoms with Gasteiger partial charge in [-0.15, -0.1) is 0 Å². The largest absolute Gasteiger partial charge is 0.394 e. The van der Waals surface area contributed by atoms with Crippen molar-refractivity contribution in [1.82, 2.24) is 5.32 Å². The fraction of sp³-hybridized carbons (Fsp3) is 1.00. The lowest BCUT2D eigenvalue weighted by Gasteiger charge is -2.34. The lowest BCUT2D eigenvalue weighted by atomic mass is 9.93. The molecule has 0 aromatic rings. The Bertz CT molecular complexity index is 167. The third-order valence-electron chi connectivity index (χ3n) is 3.52. The van der Waals surface area contributed by atoms with Gasteiger partial charge in [0.05, 0.1) is 25.4 Å². The van der Waals surface area contributed by atoms with E-state index >= 15 is 0 Å². The van der Waals surface area contributed by atoms with E-state index < -0.39 is 5.54 Å². The quantitative estimate of drug-likeness (QED) is 0.553. The van der Waals surface area contributed by atoms with Crippen molar-refractivity contribution in [3.63, 3.8) is 0 Å². The molecule has 4 N–H and O–H groups in total. The molecule has 0 unspecified atom stereocenters. The normalized spacial score (nSPS) is 20.4. The minimum absolute atomic E-state index is 0.226. The first-order chi connectivity index (χ1) is 7.76. The second-order valence-corrected chi connectivity index (χ2v) is 4.94. The van der Waals surface area contributed by atoms with Crippen LogP contribution in [0.3, 0.4) is 0 Å². The molecular formula is C12H25NO3. The number of hydrogen-bond donors (Lipinski definition) is 4. The summed E-state index contributed by atoms with van der Waals surface area (Å²) in [5, 5.41) is 31.0. The second-order valence-electron chi connectivity index (χ2n) is 4.94. The van der Waals surface area contributed by atoms with Crippen LogP contribution in [0.15, 0.2) is 0 Å². The van der Waals surface area contributed by atoms with Crippen LogP contribution >= 0.6 is 0 Å². The monoisotopic (exact) mass is 231 g/mol. The molecule has 0 atom stereocenters. The highest BCUT2D eigenvalue weighted by Crippen LogP contribution is 2.19. The van der Waals surface area contributed by atoms with E-state index in [2.05, 4.69) is 5.32 Å². The van der Waals surface area contributed by atoms with Gasteiger partial charge in [0.25, 0.3) is 0 Å². The van der Waals surface area contributed by atoms with E-state index in [1.165, 1.54) is 32.1 Å². The van der Waals surface area contributed by atoms with Gasteiger partial charge in [0.1, 0.15) is 0 Å². The Balaban J connectivity index is 2.47. The Morgan fingerprint density at radius 2 is 1.25 bits per heavy atom. The Morgan fingerprint density at radius 1 is 0.812 bits per heavy atom. The zero-order valence-electron chi connectivity index (χ0n) is 9.99. The molecule has 0 aromatic carbocycles. The molecule has 4 heteroatoms. The Labute approximate surface area is 97.7 Å². The highest BCUT2D eigenvalue weighted by Gasteiger charge is 2.30. The van der Waals surface area contributed by atoms with Gasteiger partial charge in [0.2, 0.25) is 0 Å². The van der Waals surface area contributed by atoms with E-state index in [0.29, 0.717) is 6.04 Å². The van der Waals surface area contributed by atoms with E-state index in [-0.39, 0.29) is 19.8 Å². The summed E-state index contributed by atoms with van der Waals surface area (Å²) in [4.78, 5) is 0. The molecule has 1 saturated carbocycles. The summed E-state index contributed by atoms with van der Waals surface area (Å²) >= 11 is 0. The molecule has 16 heavy (non-hydrogen) atoms. The zero-order chi connectivity index (χ0) is 11.9. The second kappa shape index (κ2) is 7.22. The fourth-order valence-corrected chi connectivity index (χ4v) is 2.32. The highest BCUT2D eigenvalue weighted by molar-refractivity contribution is 4.89.